The zero-order valence-electron chi connectivity index (χ0n) is 11.4. The predicted molar refractivity (Wildman–Crippen MR) is 74.7 cm³/mol. The lowest BCUT2D eigenvalue weighted by Gasteiger charge is -2.32. The highest BCUT2D eigenvalue weighted by atomic mass is 16.5. The number of nitrogens with one attached hydrogen (secondary N) is 1. The van der Waals surface area contributed by atoms with Crippen molar-refractivity contribution in [1.82, 2.24) is 10.2 Å². The Bertz CT molecular complexity index is 342. The fraction of sp³-hybridized carbons (Fsp3) is 0.600. The second kappa shape index (κ2) is 6.88. The van der Waals surface area contributed by atoms with Crippen LogP contribution in [0.2, 0.25) is 0 Å². The maximum absolute atomic E-state index is 5.57. The summed E-state index contributed by atoms with van der Waals surface area (Å²) in [6, 6.07) is 11.1. The van der Waals surface area contributed by atoms with Crippen LogP contribution in [0.1, 0.15) is 24.9 Å². The first-order chi connectivity index (χ1) is 8.79. The van der Waals surface area contributed by atoms with Crippen molar-refractivity contribution < 1.29 is 4.74 Å². The fourth-order valence-electron chi connectivity index (χ4n) is 2.57. The molecule has 3 heteroatoms. The van der Waals surface area contributed by atoms with Crippen LogP contribution in [0.3, 0.4) is 0 Å². The average Bonchev–Trinajstić information content (AvgIpc) is 2.41. The Hall–Kier alpha value is -0.900. The van der Waals surface area contributed by atoms with Gasteiger partial charge in [-0.05, 0) is 26.0 Å². The quantitative estimate of drug-likeness (QED) is 0.863. The second-order valence-corrected chi connectivity index (χ2v) is 5.02. The maximum Gasteiger partial charge on any atom is 0.0674 e. The molecule has 1 fully saturated rings. The zero-order chi connectivity index (χ0) is 12.8. The van der Waals surface area contributed by atoms with Crippen LogP contribution in [-0.2, 0) is 4.74 Å². The van der Waals surface area contributed by atoms with E-state index in [0.717, 1.165) is 32.7 Å². The summed E-state index contributed by atoms with van der Waals surface area (Å²) in [7, 11) is 2.04. The van der Waals surface area contributed by atoms with Crippen LogP contribution in [0.15, 0.2) is 30.3 Å². The number of benzene rings is 1. The molecule has 1 aliphatic heterocycles. The molecule has 1 aliphatic rings. The topological polar surface area (TPSA) is 24.5 Å². The lowest BCUT2D eigenvalue weighted by atomic mass is 10.0. The number of ether oxygens (including phenoxy) is 1. The Kier molecular flexibility index (Phi) is 5.17. The van der Waals surface area contributed by atoms with Gasteiger partial charge in [0.15, 0.2) is 0 Å². The van der Waals surface area contributed by atoms with E-state index in [0.29, 0.717) is 12.1 Å². The van der Waals surface area contributed by atoms with E-state index in [2.05, 4.69) is 47.5 Å². The maximum atomic E-state index is 5.57. The molecule has 2 atom stereocenters. The van der Waals surface area contributed by atoms with E-state index in [-0.39, 0.29) is 0 Å². The van der Waals surface area contributed by atoms with E-state index >= 15 is 0 Å². The Balaban J connectivity index is 1.84. The van der Waals surface area contributed by atoms with Gasteiger partial charge in [-0.1, -0.05) is 30.3 Å². The molecule has 1 N–H and O–H groups in total. The molecular weight excluding hydrogens is 224 g/mol. The van der Waals surface area contributed by atoms with Gasteiger partial charge in [-0.2, -0.15) is 0 Å². The standard InChI is InChI=1S/C15H24N2O/c1-13-12-17(10-11-18-13)9-8-15(16-2)14-6-4-3-5-7-14/h3-7,13,15-16H,8-12H2,1-2H3. The molecule has 2 rings (SSSR count). The van der Waals surface area contributed by atoms with Crippen LogP contribution in [0.4, 0.5) is 0 Å². The molecule has 1 aromatic carbocycles. The van der Waals surface area contributed by atoms with E-state index in [1.165, 1.54) is 5.56 Å². The SMILES string of the molecule is CNC(CCN1CCOC(C)C1)c1ccccc1. The summed E-state index contributed by atoms with van der Waals surface area (Å²) >= 11 is 0. The number of hydrogen-bond donors (Lipinski definition) is 1. The summed E-state index contributed by atoms with van der Waals surface area (Å²) in [6.07, 6.45) is 1.52. The van der Waals surface area contributed by atoms with Crippen LogP contribution in [0.25, 0.3) is 0 Å². The van der Waals surface area contributed by atoms with Crippen LogP contribution in [-0.4, -0.2) is 44.3 Å². The van der Waals surface area contributed by atoms with Gasteiger partial charge in [0.2, 0.25) is 0 Å². The summed E-state index contributed by atoms with van der Waals surface area (Å²) in [5, 5.41) is 3.41. The van der Waals surface area contributed by atoms with E-state index in [9.17, 15) is 0 Å². The molecule has 0 amide bonds. The van der Waals surface area contributed by atoms with Gasteiger partial charge >= 0.3 is 0 Å². The van der Waals surface area contributed by atoms with Crippen LogP contribution in [0.5, 0.6) is 0 Å². The zero-order valence-corrected chi connectivity index (χ0v) is 11.4. The van der Waals surface area contributed by atoms with Crippen molar-refractivity contribution in [3.8, 4) is 0 Å². The van der Waals surface area contributed by atoms with Crippen LogP contribution >= 0.6 is 0 Å². The van der Waals surface area contributed by atoms with E-state index < -0.39 is 0 Å². The highest BCUT2D eigenvalue weighted by molar-refractivity contribution is 5.18. The number of hydrogen-bond acceptors (Lipinski definition) is 3. The summed E-state index contributed by atoms with van der Waals surface area (Å²) < 4.78 is 5.57. The summed E-state index contributed by atoms with van der Waals surface area (Å²) in [5.74, 6) is 0. The van der Waals surface area contributed by atoms with Crippen molar-refractivity contribution in [1.29, 1.82) is 0 Å². The van der Waals surface area contributed by atoms with Crippen LogP contribution < -0.4 is 5.32 Å². The summed E-state index contributed by atoms with van der Waals surface area (Å²) in [6.45, 7) is 6.28. The lowest BCUT2D eigenvalue weighted by molar-refractivity contribution is -0.0191. The molecule has 0 aromatic heterocycles. The highest BCUT2D eigenvalue weighted by Crippen LogP contribution is 2.17. The smallest absolute Gasteiger partial charge is 0.0674 e. The Morgan fingerprint density at radius 2 is 2.17 bits per heavy atom. The molecule has 0 radical (unpaired) electrons. The van der Waals surface area contributed by atoms with Crippen LogP contribution in [0, 0.1) is 0 Å². The minimum absolute atomic E-state index is 0.378. The van der Waals surface area contributed by atoms with Gasteiger partial charge in [0.05, 0.1) is 12.7 Å². The van der Waals surface area contributed by atoms with E-state index in [4.69, 9.17) is 4.74 Å². The normalized spacial score (nSPS) is 22.9. The van der Waals surface area contributed by atoms with E-state index in [1.807, 2.05) is 7.05 Å². The molecule has 0 aliphatic carbocycles. The van der Waals surface area contributed by atoms with Gasteiger partial charge in [0.1, 0.15) is 0 Å². The van der Waals surface area contributed by atoms with Crippen molar-refractivity contribution in [2.45, 2.75) is 25.5 Å². The predicted octanol–water partition coefficient (Wildman–Crippen LogP) is 2.06. The molecule has 18 heavy (non-hydrogen) atoms. The van der Waals surface area contributed by atoms with Gasteiger partial charge in [0.25, 0.3) is 0 Å². The first-order valence-electron chi connectivity index (χ1n) is 6.85. The molecule has 3 nitrogen and oxygen atoms in total. The minimum Gasteiger partial charge on any atom is -0.376 e. The van der Waals surface area contributed by atoms with Gasteiger partial charge in [0, 0.05) is 25.7 Å². The third kappa shape index (κ3) is 3.80. The average molecular weight is 248 g/mol. The molecule has 0 saturated carbocycles. The second-order valence-electron chi connectivity index (χ2n) is 5.02. The number of morpholine rings is 1. The molecule has 2 unspecified atom stereocenters. The molecular formula is C15H24N2O. The van der Waals surface area contributed by atoms with Gasteiger partial charge in [-0.25, -0.2) is 0 Å². The van der Waals surface area contributed by atoms with Crippen molar-refractivity contribution in [2.75, 3.05) is 33.3 Å². The van der Waals surface area contributed by atoms with Gasteiger partial charge < -0.3 is 10.1 Å². The Morgan fingerprint density at radius 3 is 2.83 bits per heavy atom. The first kappa shape index (κ1) is 13.5. The third-order valence-corrected chi connectivity index (χ3v) is 3.61. The van der Waals surface area contributed by atoms with E-state index in [1.54, 1.807) is 0 Å². The molecule has 1 saturated heterocycles. The highest BCUT2D eigenvalue weighted by Gasteiger charge is 2.17. The monoisotopic (exact) mass is 248 g/mol. The van der Waals surface area contributed by atoms with Crippen molar-refractivity contribution in [2.24, 2.45) is 0 Å². The molecule has 1 heterocycles. The first-order valence-corrected chi connectivity index (χ1v) is 6.85. The Labute approximate surface area is 110 Å². The molecule has 100 valence electrons. The third-order valence-electron chi connectivity index (χ3n) is 3.61. The van der Waals surface area contributed by atoms with Crippen molar-refractivity contribution >= 4 is 0 Å². The fourth-order valence-corrected chi connectivity index (χ4v) is 2.57. The minimum atomic E-state index is 0.378. The molecule has 0 bridgehead atoms. The number of rotatable bonds is 5. The van der Waals surface area contributed by atoms with Gasteiger partial charge in [-0.3, -0.25) is 4.90 Å². The summed E-state index contributed by atoms with van der Waals surface area (Å²) in [5.41, 5.74) is 1.38. The van der Waals surface area contributed by atoms with Crippen molar-refractivity contribution in [3.05, 3.63) is 35.9 Å². The number of nitrogens with zero attached hydrogens (tertiary/aromatic N) is 1. The molecule has 1 aromatic rings. The largest absolute Gasteiger partial charge is 0.376 e. The van der Waals surface area contributed by atoms with Crippen molar-refractivity contribution in [3.63, 3.8) is 0 Å². The summed E-state index contributed by atoms with van der Waals surface area (Å²) in [4.78, 5) is 2.50. The molecule has 0 spiro atoms. The van der Waals surface area contributed by atoms with Gasteiger partial charge in [-0.15, -0.1) is 0 Å². The lowest BCUT2D eigenvalue weighted by Crippen LogP contribution is -2.42. The Morgan fingerprint density at radius 1 is 1.39 bits per heavy atom.